The summed E-state index contributed by atoms with van der Waals surface area (Å²) in [6.07, 6.45) is 0.256. The molecule has 1 aromatic carbocycles. The molecular weight excluding hydrogens is 275 g/mol. The summed E-state index contributed by atoms with van der Waals surface area (Å²) in [4.78, 5) is 0. The molecule has 0 saturated carbocycles. The Bertz CT molecular complexity index is 243. The third-order valence-electron chi connectivity index (χ3n) is 1.96. The van der Waals surface area contributed by atoms with Gasteiger partial charge in [-0.05, 0) is 19.4 Å². The zero-order chi connectivity index (χ0) is 9.68. The highest BCUT2D eigenvalue weighted by molar-refractivity contribution is 14.1. The van der Waals surface area contributed by atoms with Gasteiger partial charge in [-0.15, -0.1) is 0 Å². The van der Waals surface area contributed by atoms with Gasteiger partial charge in [0.15, 0.2) is 0 Å². The number of alkyl halides is 1. The number of benzene rings is 1. The fraction of sp³-hybridized carbons (Fsp3) is 0.455. The van der Waals surface area contributed by atoms with Gasteiger partial charge >= 0.3 is 0 Å². The van der Waals surface area contributed by atoms with E-state index in [-0.39, 0.29) is 6.10 Å². The highest BCUT2D eigenvalue weighted by atomic mass is 127. The van der Waals surface area contributed by atoms with Crippen LogP contribution in [0.1, 0.15) is 24.2 Å². The van der Waals surface area contributed by atoms with Crippen LogP contribution in [0.2, 0.25) is 0 Å². The van der Waals surface area contributed by atoms with Gasteiger partial charge in [-0.1, -0.05) is 52.4 Å². The van der Waals surface area contributed by atoms with Crippen LogP contribution in [0.5, 0.6) is 0 Å². The first-order valence-electron chi connectivity index (χ1n) is 4.52. The molecule has 0 radical (unpaired) electrons. The molecule has 1 aromatic rings. The number of hydrogen-bond donors (Lipinski definition) is 0. The maximum atomic E-state index is 5.61. The number of hydrogen-bond acceptors (Lipinski definition) is 1. The minimum atomic E-state index is 0.256. The molecular formula is C11H15IO. The van der Waals surface area contributed by atoms with Crippen molar-refractivity contribution in [2.24, 2.45) is 0 Å². The quantitative estimate of drug-likeness (QED) is 0.609. The molecule has 0 amide bonds. The number of halogens is 1. The van der Waals surface area contributed by atoms with E-state index >= 15 is 0 Å². The fourth-order valence-corrected chi connectivity index (χ4v) is 1.97. The van der Waals surface area contributed by atoms with Gasteiger partial charge < -0.3 is 4.74 Å². The van der Waals surface area contributed by atoms with Gasteiger partial charge in [-0.2, -0.15) is 0 Å². The average molecular weight is 290 g/mol. The van der Waals surface area contributed by atoms with Gasteiger partial charge in [-0.25, -0.2) is 0 Å². The van der Waals surface area contributed by atoms with E-state index in [0.29, 0.717) is 0 Å². The standard InChI is InChI=1S/C11H15IO/c1-3-13-11(8-12)10-6-4-9(2)5-7-10/h4-7,11H,3,8H2,1-2H3. The summed E-state index contributed by atoms with van der Waals surface area (Å²) in [7, 11) is 0. The first-order chi connectivity index (χ1) is 6.27. The van der Waals surface area contributed by atoms with E-state index in [9.17, 15) is 0 Å². The van der Waals surface area contributed by atoms with E-state index in [0.717, 1.165) is 11.0 Å². The lowest BCUT2D eigenvalue weighted by Gasteiger charge is -2.14. The molecule has 0 fully saturated rings. The van der Waals surface area contributed by atoms with Crippen molar-refractivity contribution in [2.75, 3.05) is 11.0 Å². The third-order valence-corrected chi connectivity index (χ3v) is 2.76. The summed E-state index contributed by atoms with van der Waals surface area (Å²) in [5.41, 5.74) is 2.58. The summed E-state index contributed by atoms with van der Waals surface area (Å²) >= 11 is 2.36. The van der Waals surface area contributed by atoms with Crippen LogP contribution >= 0.6 is 22.6 Å². The predicted molar refractivity (Wildman–Crippen MR) is 64.4 cm³/mol. The van der Waals surface area contributed by atoms with Crippen LogP contribution in [-0.2, 0) is 4.74 Å². The van der Waals surface area contributed by atoms with Crippen molar-refractivity contribution < 1.29 is 4.74 Å². The molecule has 0 aliphatic carbocycles. The van der Waals surface area contributed by atoms with E-state index in [1.54, 1.807) is 0 Å². The molecule has 0 heterocycles. The zero-order valence-electron chi connectivity index (χ0n) is 8.09. The Morgan fingerprint density at radius 3 is 2.38 bits per heavy atom. The van der Waals surface area contributed by atoms with Crippen LogP contribution in [0.4, 0.5) is 0 Å². The van der Waals surface area contributed by atoms with Crippen molar-refractivity contribution in [2.45, 2.75) is 20.0 Å². The maximum Gasteiger partial charge on any atom is 0.0914 e. The largest absolute Gasteiger partial charge is 0.373 e. The van der Waals surface area contributed by atoms with Gasteiger partial charge in [0.1, 0.15) is 0 Å². The molecule has 0 spiro atoms. The summed E-state index contributed by atoms with van der Waals surface area (Å²) in [6.45, 7) is 4.92. The summed E-state index contributed by atoms with van der Waals surface area (Å²) < 4.78 is 6.62. The molecule has 0 bridgehead atoms. The smallest absolute Gasteiger partial charge is 0.0914 e. The Morgan fingerprint density at radius 1 is 1.31 bits per heavy atom. The van der Waals surface area contributed by atoms with Gasteiger partial charge in [0, 0.05) is 11.0 Å². The van der Waals surface area contributed by atoms with Crippen molar-refractivity contribution in [1.82, 2.24) is 0 Å². The molecule has 1 unspecified atom stereocenters. The summed E-state index contributed by atoms with van der Waals surface area (Å²) in [5.74, 6) is 0. The lowest BCUT2D eigenvalue weighted by molar-refractivity contribution is 0.0819. The Labute approximate surface area is 93.6 Å². The van der Waals surface area contributed by atoms with E-state index in [2.05, 4.69) is 53.8 Å². The predicted octanol–water partition coefficient (Wildman–Crippen LogP) is 3.51. The van der Waals surface area contributed by atoms with Gasteiger partial charge in [0.2, 0.25) is 0 Å². The number of rotatable bonds is 4. The second kappa shape index (κ2) is 5.60. The molecule has 0 aliphatic rings. The van der Waals surface area contributed by atoms with Gasteiger partial charge in [-0.3, -0.25) is 0 Å². The zero-order valence-corrected chi connectivity index (χ0v) is 10.2. The second-order valence-electron chi connectivity index (χ2n) is 3.01. The Kier molecular flexibility index (Phi) is 4.73. The van der Waals surface area contributed by atoms with Crippen LogP contribution in [-0.4, -0.2) is 11.0 Å². The number of aryl methyl sites for hydroxylation is 1. The topological polar surface area (TPSA) is 9.23 Å². The van der Waals surface area contributed by atoms with Crippen molar-refractivity contribution in [1.29, 1.82) is 0 Å². The normalized spacial score (nSPS) is 12.8. The van der Waals surface area contributed by atoms with E-state index in [1.165, 1.54) is 11.1 Å². The Balaban J connectivity index is 2.73. The minimum Gasteiger partial charge on any atom is -0.373 e. The molecule has 2 heteroatoms. The highest BCUT2D eigenvalue weighted by Crippen LogP contribution is 2.20. The molecule has 13 heavy (non-hydrogen) atoms. The lowest BCUT2D eigenvalue weighted by atomic mass is 10.1. The minimum absolute atomic E-state index is 0.256. The summed E-state index contributed by atoms with van der Waals surface area (Å²) in [6, 6.07) is 8.56. The van der Waals surface area contributed by atoms with Crippen LogP contribution in [0, 0.1) is 6.92 Å². The van der Waals surface area contributed by atoms with Crippen LogP contribution in [0.3, 0.4) is 0 Å². The van der Waals surface area contributed by atoms with Crippen molar-refractivity contribution in [3.8, 4) is 0 Å². The van der Waals surface area contributed by atoms with E-state index in [4.69, 9.17) is 4.74 Å². The van der Waals surface area contributed by atoms with E-state index < -0.39 is 0 Å². The molecule has 1 rings (SSSR count). The molecule has 72 valence electrons. The number of ether oxygens (including phenoxy) is 1. The van der Waals surface area contributed by atoms with Gasteiger partial charge in [0.05, 0.1) is 6.10 Å². The fourth-order valence-electron chi connectivity index (χ4n) is 1.21. The van der Waals surface area contributed by atoms with Crippen LogP contribution in [0.25, 0.3) is 0 Å². The Hall–Kier alpha value is -0.0900. The summed E-state index contributed by atoms with van der Waals surface area (Å²) in [5, 5.41) is 0. The molecule has 1 atom stereocenters. The van der Waals surface area contributed by atoms with E-state index in [1.807, 2.05) is 6.92 Å². The molecule has 0 aliphatic heterocycles. The van der Waals surface area contributed by atoms with Gasteiger partial charge in [0.25, 0.3) is 0 Å². The SMILES string of the molecule is CCOC(CI)c1ccc(C)cc1. The van der Waals surface area contributed by atoms with Crippen LogP contribution in [0.15, 0.2) is 24.3 Å². The van der Waals surface area contributed by atoms with Crippen LogP contribution < -0.4 is 0 Å². The lowest BCUT2D eigenvalue weighted by Crippen LogP contribution is -2.05. The van der Waals surface area contributed by atoms with Crippen molar-refractivity contribution in [3.05, 3.63) is 35.4 Å². The maximum absolute atomic E-state index is 5.61. The van der Waals surface area contributed by atoms with Crippen molar-refractivity contribution in [3.63, 3.8) is 0 Å². The molecule has 0 saturated heterocycles. The Morgan fingerprint density at radius 2 is 1.92 bits per heavy atom. The molecule has 1 nitrogen and oxygen atoms in total. The average Bonchev–Trinajstić information content (AvgIpc) is 2.16. The second-order valence-corrected chi connectivity index (χ2v) is 3.89. The monoisotopic (exact) mass is 290 g/mol. The van der Waals surface area contributed by atoms with Crippen molar-refractivity contribution >= 4 is 22.6 Å². The third kappa shape index (κ3) is 3.27. The highest BCUT2D eigenvalue weighted by Gasteiger charge is 2.08. The molecule has 0 N–H and O–H groups in total. The molecule has 0 aromatic heterocycles. The first kappa shape index (κ1) is 11.0. The first-order valence-corrected chi connectivity index (χ1v) is 6.04.